The molecule has 1 unspecified atom stereocenters. The highest BCUT2D eigenvalue weighted by Gasteiger charge is 2.27. The maximum Gasteiger partial charge on any atom is 0.271 e. The molecule has 0 bridgehead atoms. The Morgan fingerprint density at radius 3 is 2.78 bits per heavy atom. The van der Waals surface area contributed by atoms with Gasteiger partial charge < -0.3 is 10.3 Å². The molecule has 2 heterocycles. The molecule has 0 saturated heterocycles. The normalized spacial score (nSPS) is 15.0. The highest BCUT2D eigenvalue weighted by atomic mass is 32.1. The minimum atomic E-state index is -0.572. The summed E-state index contributed by atoms with van der Waals surface area (Å²) >= 11 is 1.26. The van der Waals surface area contributed by atoms with Crippen molar-refractivity contribution >= 4 is 11.5 Å². The lowest BCUT2D eigenvalue weighted by atomic mass is 10.0. The monoisotopic (exact) mass is 267 g/mol. The first-order chi connectivity index (χ1) is 8.45. The fraction of sp³-hybridized carbons (Fsp3) is 0.636. The van der Waals surface area contributed by atoms with Gasteiger partial charge in [-0.2, -0.15) is 4.98 Å². The Labute approximate surface area is 110 Å². The van der Waals surface area contributed by atoms with Gasteiger partial charge in [-0.25, -0.2) is 0 Å². The van der Waals surface area contributed by atoms with Gasteiger partial charge in [-0.05, 0) is 30.8 Å². The summed E-state index contributed by atoms with van der Waals surface area (Å²) in [5.74, 6) is 1.24. The molecule has 0 amide bonds. The molecule has 0 aliphatic heterocycles. The summed E-state index contributed by atoms with van der Waals surface area (Å²) in [6.07, 6.45) is 0.740. The summed E-state index contributed by atoms with van der Waals surface area (Å²) in [4.78, 5) is 5.20. The molecule has 0 aromatic carbocycles. The van der Waals surface area contributed by atoms with E-state index in [-0.39, 0.29) is 5.92 Å². The third-order valence-electron chi connectivity index (χ3n) is 2.93. The summed E-state index contributed by atoms with van der Waals surface area (Å²) in [5, 5.41) is 8.05. The lowest BCUT2D eigenvalue weighted by molar-refractivity contribution is 0.379. The van der Waals surface area contributed by atoms with E-state index in [1.165, 1.54) is 11.5 Å². The molecule has 98 valence electrons. The van der Waals surface area contributed by atoms with Gasteiger partial charge in [-0.1, -0.05) is 30.4 Å². The number of nitrogens with zero attached hydrogens (tertiary/aromatic N) is 4. The van der Waals surface area contributed by atoms with Gasteiger partial charge in [0.05, 0.1) is 11.2 Å². The summed E-state index contributed by atoms with van der Waals surface area (Å²) < 4.78 is 9.22. The molecule has 0 spiro atoms. The van der Waals surface area contributed by atoms with E-state index in [0.717, 1.165) is 17.0 Å². The Kier molecular flexibility index (Phi) is 3.45. The van der Waals surface area contributed by atoms with Crippen molar-refractivity contribution in [2.24, 2.45) is 5.73 Å². The van der Waals surface area contributed by atoms with Crippen molar-refractivity contribution < 1.29 is 4.52 Å². The Bertz CT molecular complexity index is 531. The largest absolute Gasteiger partial charge is 0.333 e. The van der Waals surface area contributed by atoms with Gasteiger partial charge in [-0.15, -0.1) is 5.10 Å². The SMILES string of the molecule is CCC(C)(N)c1noc(-c2snnc2C(C)C)n1. The smallest absolute Gasteiger partial charge is 0.271 e. The lowest BCUT2D eigenvalue weighted by Gasteiger charge is -2.16. The second-order valence-corrected chi connectivity index (χ2v) is 5.59. The lowest BCUT2D eigenvalue weighted by Crippen LogP contribution is -2.33. The van der Waals surface area contributed by atoms with Crippen LogP contribution in [0.1, 0.15) is 51.6 Å². The molecule has 0 aliphatic carbocycles. The number of nitrogens with two attached hydrogens (primary N) is 1. The molecule has 6 nitrogen and oxygen atoms in total. The molecule has 2 N–H and O–H groups in total. The minimum absolute atomic E-state index is 0.268. The van der Waals surface area contributed by atoms with E-state index >= 15 is 0 Å². The second-order valence-electron chi connectivity index (χ2n) is 4.84. The van der Waals surface area contributed by atoms with Gasteiger partial charge in [0.2, 0.25) is 0 Å². The van der Waals surface area contributed by atoms with Gasteiger partial charge >= 0.3 is 0 Å². The minimum Gasteiger partial charge on any atom is -0.333 e. The molecule has 2 aromatic heterocycles. The van der Waals surface area contributed by atoms with Crippen molar-refractivity contribution in [2.75, 3.05) is 0 Å². The molecular weight excluding hydrogens is 250 g/mol. The van der Waals surface area contributed by atoms with Crippen LogP contribution in [0, 0.1) is 0 Å². The van der Waals surface area contributed by atoms with Gasteiger partial charge in [0, 0.05) is 0 Å². The third-order valence-corrected chi connectivity index (χ3v) is 3.66. The van der Waals surface area contributed by atoms with Crippen LogP contribution in [0.5, 0.6) is 0 Å². The van der Waals surface area contributed by atoms with E-state index in [4.69, 9.17) is 10.3 Å². The van der Waals surface area contributed by atoms with Gasteiger partial charge in [0.15, 0.2) is 5.82 Å². The summed E-state index contributed by atoms with van der Waals surface area (Å²) in [7, 11) is 0. The Balaban J connectivity index is 2.38. The quantitative estimate of drug-likeness (QED) is 0.914. The van der Waals surface area contributed by atoms with E-state index < -0.39 is 5.54 Å². The van der Waals surface area contributed by atoms with E-state index in [0.29, 0.717) is 11.7 Å². The molecule has 0 saturated carbocycles. The van der Waals surface area contributed by atoms with Crippen molar-refractivity contribution in [1.29, 1.82) is 0 Å². The van der Waals surface area contributed by atoms with Crippen LogP contribution in [0.2, 0.25) is 0 Å². The predicted molar refractivity (Wildman–Crippen MR) is 69.1 cm³/mol. The fourth-order valence-electron chi connectivity index (χ4n) is 1.43. The van der Waals surface area contributed by atoms with Crippen LogP contribution in [-0.2, 0) is 5.54 Å². The average Bonchev–Trinajstić information content (AvgIpc) is 2.97. The molecule has 18 heavy (non-hydrogen) atoms. The zero-order chi connectivity index (χ0) is 13.3. The highest BCUT2D eigenvalue weighted by Crippen LogP contribution is 2.30. The first-order valence-corrected chi connectivity index (χ1v) is 6.68. The van der Waals surface area contributed by atoms with Crippen LogP contribution >= 0.6 is 11.5 Å². The number of aromatic nitrogens is 4. The highest BCUT2D eigenvalue weighted by molar-refractivity contribution is 7.09. The summed E-state index contributed by atoms with van der Waals surface area (Å²) in [6, 6.07) is 0. The van der Waals surface area contributed by atoms with Gasteiger partial charge in [0.1, 0.15) is 4.88 Å². The van der Waals surface area contributed by atoms with Crippen molar-refractivity contribution in [1.82, 2.24) is 19.7 Å². The maximum absolute atomic E-state index is 6.09. The number of hydrogen-bond acceptors (Lipinski definition) is 7. The zero-order valence-corrected chi connectivity index (χ0v) is 11.8. The van der Waals surface area contributed by atoms with Gasteiger partial charge in [0.25, 0.3) is 5.89 Å². The Morgan fingerprint density at radius 1 is 1.44 bits per heavy atom. The topological polar surface area (TPSA) is 90.7 Å². The molecule has 0 aliphatic rings. The van der Waals surface area contributed by atoms with Crippen molar-refractivity contribution in [3.63, 3.8) is 0 Å². The van der Waals surface area contributed by atoms with Crippen LogP contribution in [-0.4, -0.2) is 19.7 Å². The second kappa shape index (κ2) is 4.74. The van der Waals surface area contributed by atoms with Crippen LogP contribution in [0.4, 0.5) is 0 Å². The van der Waals surface area contributed by atoms with E-state index in [1.54, 1.807) is 0 Å². The van der Waals surface area contributed by atoms with Crippen LogP contribution in [0.25, 0.3) is 10.8 Å². The van der Waals surface area contributed by atoms with Crippen molar-refractivity contribution in [3.8, 4) is 10.8 Å². The Morgan fingerprint density at radius 2 is 2.17 bits per heavy atom. The van der Waals surface area contributed by atoms with Crippen LogP contribution in [0.15, 0.2) is 4.52 Å². The standard InChI is InChI=1S/C11H17N5OS/c1-5-11(4,12)10-13-9(17-15-10)8-7(6(2)3)14-16-18-8/h6H,5,12H2,1-4H3. The molecule has 2 aromatic rings. The van der Waals surface area contributed by atoms with E-state index in [1.807, 2.05) is 13.8 Å². The molecule has 1 atom stereocenters. The van der Waals surface area contributed by atoms with Crippen LogP contribution < -0.4 is 5.73 Å². The summed E-state index contributed by atoms with van der Waals surface area (Å²) in [6.45, 7) is 7.98. The first kappa shape index (κ1) is 13.1. The van der Waals surface area contributed by atoms with E-state index in [9.17, 15) is 0 Å². The van der Waals surface area contributed by atoms with Crippen molar-refractivity contribution in [2.45, 2.75) is 45.6 Å². The summed E-state index contributed by atoms with van der Waals surface area (Å²) in [5.41, 5.74) is 6.40. The molecule has 2 rings (SSSR count). The van der Waals surface area contributed by atoms with Crippen LogP contribution in [0.3, 0.4) is 0 Å². The maximum atomic E-state index is 6.09. The molecular formula is C11H17N5OS. The molecule has 0 radical (unpaired) electrons. The number of hydrogen-bond donors (Lipinski definition) is 1. The van der Waals surface area contributed by atoms with Gasteiger partial charge in [-0.3, -0.25) is 0 Å². The zero-order valence-electron chi connectivity index (χ0n) is 11.0. The molecule has 7 heteroatoms. The predicted octanol–water partition coefficient (Wildman–Crippen LogP) is 2.30. The first-order valence-electron chi connectivity index (χ1n) is 5.91. The average molecular weight is 267 g/mol. The Hall–Kier alpha value is -1.34. The third kappa shape index (κ3) is 2.28. The fourth-order valence-corrected chi connectivity index (χ4v) is 2.17. The molecule has 0 fully saturated rings. The van der Waals surface area contributed by atoms with E-state index in [2.05, 4.69) is 33.6 Å². The number of rotatable bonds is 4. The van der Waals surface area contributed by atoms with Crippen molar-refractivity contribution in [3.05, 3.63) is 11.5 Å².